The first-order chi connectivity index (χ1) is 14.4. The lowest BCUT2D eigenvalue weighted by atomic mass is 10.0. The zero-order valence-electron chi connectivity index (χ0n) is 17.8. The number of carbonyl (C=O) groups excluding carboxylic acids is 1. The molecule has 0 N–H and O–H groups in total. The molecule has 0 aromatic heterocycles. The fraction of sp³-hybridized carbons (Fsp3) is 0.381. The number of nitro benzene ring substituents is 1. The van der Waals surface area contributed by atoms with Gasteiger partial charge in [-0.15, -0.1) is 0 Å². The first-order valence-corrected chi connectivity index (χ1v) is 11.6. The summed E-state index contributed by atoms with van der Waals surface area (Å²) in [6.45, 7) is 8.08. The summed E-state index contributed by atoms with van der Waals surface area (Å²) in [4.78, 5) is 25.1. The molecule has 1 heterocycles. The Balaban J connectivity index is 1.81. The van der Waals surface area contributed by atoms with Crippen LogP contribution in [0.1, 0.15) is 32.6 Å². The molecular weight excluding hydrogens is 442 g/mol. The standard InChI is InChI=1S/C21H24ClN3O5S/c1-13-11-14(2)16(4)20(15(13)3)31(29,30)24-9-7-23(8-10-24)21(26)17-5-6-18(22)19(12-17)25(27)28/h5-6,11-12H,7-10H2,1-4H3. The minimum atomic E-state index is -3.72. The smallest absolute Gasteiger partial charge is 0.288 e. The average molecular weight is 466 g/mol. The van der Waals surface area contributed by atoms with Crippen LogP contribution in [0, 0.1) is 37.8 Å². The van der Waals surface area contributed by atoms with Crippen molar-refractivity contribution in [3.8, 4) is 0 Å². The van der Waals surface area contributed by atoms with Crippen LogP contribution in [0.4, 0.5) is 5.69 Å². The molecule has 31 heavy (non-hydrogen) atoms. The van der Waals surface area contributed by atoms with E-state index in [9.17, 15) is 23.3 Å². The van der Waals surface area contributed by atoms with Crippen molar-refractivity contribution in [2.45, 2.75) is 32.6 Å². The van der Waals surface area contributed by atoms with Crippen LogP contribution in [0.15, 0.2) is 29.2 Å². The van der Waals surface area contributed by atoms with Gasteiger partial charge in [-0.25, -0.2) is 8.42 Å². The number of piperazine rings is 1. The van der Waals surface area contributed by atoms with Gasteiger partial charge >= 0.3 is 0 Å². The minimum Gasteiger partial charge on any atom is -0.336 e. The van der Waals surface area contributed by atoms with E-state index in [-0.39, 0.29) is 42.5 Å². The van der Waals surface area contributed by atoms with Crippen LogP contribution in [0.3, 0.4) is 0 Å². The number of amides is 1. The molecule has 2 aromatic rings. The van der Waals surface area contributed by atoms with Gasteiger partial charge in [0.15, 0.2) is 0 Å². The Kier molecular flexibility index (Phi) is 6.40. The second-order valence-electron chi connectivity index (χ2n) is 7.71. The van der Waals surface area contributed by atoms with E-state index in [0.29, 0.717) is 4.90 Å². The van der Waals surface area contributed by atoms with Crippen molar-refractivity contribution in [1.82, 2.24) is 9.21 Å². The van der Waals surface area contributed by atoms with Crippen LogP contribution in [-0.4, -0.2) is 54.6 Å². The highest BCUT2D eigenvalue weighted by molar-refractivity contribution is 7.89. The highest BCUT2D eigenvalue weighted by atomic mass is 35.5. The molecule has 1 fully saturated rings. The van der Waals surface area contributed by atoms with Crippen LogP contribution in [0.5, 0.6) is 0 Å². The number of hydrogen-bond donors (Lipinski definition) is 0. The molecule has 8 nitrogen and oxygen atoms in total. The molecule has 1 saturated heterocycles. The molecule has 0 saturated carbocycles. The summed E-state index contributed by atoms with van der Waals surface area (Å²) in [7, 11) is -3.72. The van der Waals surface area contributed by atoms with Crippen molar-refractivity contribution in [3.05, 3.63) is 67.2 Å². The zero-order valence-corrected chi connectivity index (χ0v) is 19.4. The third-order valence-electron chi connectivity index (χ3n) is 5.81. The maximum Gasteiger partial charge on any atom is 0.288 e. The van der Waals surface area contributed by atoms with Crippen molar-refractivity contribution in [1.29, 1.82) is 0 Å². The van der Waals surface area contributed by atoms with E-state index in [1.54, 1.807) is 0 Å². The number of carbonyl (C=O) groups is 1. The van der Waals surface area contributed by atoms with Crippen LogP contribution in [0.2, 0.25) is 5.02 Å². The lowest BCUT2D eigenvalue weighted by Gasteiger charge is -2.34. The fourth-order valence-electron chi connectivity index (χ4n) is 3.80. The van der Waals surface area contributed by atoms with Gasteiger partial charge in [0, 0.05) is 37.8 Å². The number of hydrogen-bond acceptors (Lipinski definition) is 5. The number of halogens is 1. The number of aryl methyl sites for hydroxylation is 2. The van der Waals surface area contributed by atoms with Gasteiger partial charge in [-0.05, 0) is 62.1 Å². The maximum absolute atomic E-state index is 13.4. The third kappa shape index (κ3) is 4.30. The topological polar surface area (TPSA) is 101 Å². The average Bonchev–Trinajstić information content (AvgIpc) is 2.72. The lowest BCUT2D eigenvalue weighted by molar-refractivity contribution is -0.384. The predicted octanol–water partition coefficient (Wildman–Crippen LogP) is 3.63. The number of nitrogens with zero attached hydrogens (tertiary/aromatic N) is 3. The summed E-state index contributed by atoms with van der Waals surface area (Å²) in [5.41, 5.74) is 3.10. The Morgan fingerprint density at radius 2 is 1.55 bits per heavy atom. The first kappa shape index (κ1) is 23.2. The molecule has 1 aliphatic heterocycles. The van der Waals surface area contributed by atoms with Crippen molar-refractivity contribution in [3.63, 3.8) is 0 Å². The van der Waals surface area contributed by atoms with Gasteiger partial charge in [0.2, 0.25) is 10.0 Å². The number of benzene rings is 2. The molecule has 0 radical (unpaired) electrons. The molecule has 0 aliphatic carbocycles. The highest BCUT2D eigenvalue weighted by Crippen LogP contribution is 2.30. The van der Waals surface area contributed by atoms with Crippen LogP contribution in [-0.2, 0) is 10.0 Å². The van der Waals surface area contributed by atoms with Crippen molar-refractivity contribution < 1.29 is 18.1 Å². The molecule has 0 unspecified atom stereocenters. The van der Waals surface area contributed by atoms with Crippen LogP contribution < -0.4 is 0 Å². The van der Waals surface area contributed by atoms with Gasteiger partial charge < -0.3 is 4.90 Å². The summed E-state index contributed by atoms with van der Waals surface area (Å²) >= 11 is 5.82. The van der Waals surface area contributed by atoms with Gasteiger partial charge in [0.25, 0.3) is 11.6 Å². The van der Waals surface area contributed by atoms with E-state index in [1.807, 2.05) is 33.8 Å². The Labute approximate surface area is 186 Å². The Morgan fingerprint density at radius 3 is 2.06 bits per heavy atom. The highest BCUT2D eigenvalue weighted by Gasteiger charge is 2.33. The van der Waals surface area contributed by atoms with Crippen LogP contribution in [0.25, 0.3) is 0 Å². The van der Waals surface area contributed by atoms with E-state index in [4.69, 9.17) is 11.6 Å². The van der Waals surface area contributed by atoms with Crippen molar-refractivity contribution in [2.75, 3.05) is 26.2 Å². The quantitative estimate of drug-likeness (QED) is 0.507. The number of nitro groups is 1. The largest absolute Gasteiger partial charge is 0.336 e. The van der Waals surface area contributed by atoms with E-state index in [0.717, 1.165) is 28.3 Å². The second-order valence-corrected chi connectivity index (χ2v) is 9.99. The Bertz CT molecular complexity index is 1150. The molecule has 0 bridgehead atoms. The molecule has 1 amide bonds. The molecular formula is C21H24ClN3O5S. The molecule has 2 aromatic carbocycles. The molecule has 166 valence electrons. The summed E-state index contributed by atoms with van der Waals surface area (Å²) in [5, 5.41) is 11.0. The zero-order chi connectivity index (χ0) is 23.1. The predicted molar refractivity (Wildman–Crippen MR) is 118 cm³/mol. The van der Waals surface area contributed by atoms with Gasteiger partial charge in [-0.2, -0.15) is 4.31 Å². The number of rotatable bonds is 4. The minimum absolute atomic E-state index is 0.0448. The summed E-state index contributed by atoms with van der Waals surface area (Å²) in [6.07, 6.45) is 0. The molecule has 10 heteroatoms. The van der Waals surface area contributed by atoms with E-state index in [2.05, 4.69) is 0 Å². The normalized spacial score (nSPS) is 15.2. The summed E-state index contributed by atoms with van der Waals surface area (Å²) in [5.74, 6) is -0.393. The van der Waals surface area contributed by atoms with E-state index in [1.165, 1.54) is 21.3 Å². The van der Waals surface area contributed by atoms with Gasteiger partial charge in [0.1, 0.15) is 5.02 Å². The second kappa shape index (κ2) is 8.57. The third-order valence-corrected chi connectivity index (χ3v) is 8.30. The van der Waals surface area contributed by atoms with Gasteiger partial charge in [0.05, 0.1) is 9.82 Å². The fourth-order valence-corrected chi connectivity index (χ4v) is 5.98. The number of sulfonamides is 1. The molecule has 0 spiro atoms. The Morgan fingerprint density at radius 1 is 1.00 bits per heavy atom. The SMILES string of the molecule is Cc1cc(C)c(C)c(S(=O)(=O)N2CCN(C(=O)c3ccc(Cl)c([N+](=O)[O-])c3)CC2)c1C. The summed E-state index contributed by atoms with van der Waals surface area (Å²) < 4.78 is 28.1. The van der Waals surface area contributed by atoms with E-state index >= 15 is 0 Å². The molecule has 0 atom stereocenters. The monoisotopic (exact) mass is 465 g/mol. The Hall–Kier alpha value is -2.49. The van der Waals surface area contributed by atoms with Crippen LogP contribution >= 0.6 is 11.6 Å². The summed E-state index contributed by atoms with van der Waals surface area (Å²) in [6, 6.07) is 5.88. The van der Waals surface area contributed by atoms with Gasteiger partial charge in [-0.3, -0.25) is 14.9 Å². The van der Waals surface area contributed by atoms with Gasteiger partial charge in [-0.1, -0.05) is 17.7 Å². The molecule has 3 rings (SSSR count). The van der Waals surface area contributed by atoms with Crippen molar-refractivity contribution >= 4 is 33.2 Å². The molecule has 1 aliphatic rings. The van der Waals surface area contributed by atoms with Crippen molar-refractivity contribution in [2.24, 2.45) is 0 Å². The first-order valence-electron chi connectivity index (χ1n) is 9.76. The van der Waals surface area contributed by atoms with E-state index < -0.39 is 20.9 Å². The maximum atomic E-state index is 13.4. The lowest BCUT2D eigenvalue weighted by Crippen LogP contribution is -2.50.